The molecule has 0 spiro atoms. The predicted molar refractivity (Wildman–Crippen MR) is 162 cm³/mol. The maximum atomic E-state index is 14.3. The molecule has 1 amide bonds. The molecular formula is C31H33BrN6O3. The molecule has 0 fully saturated rings. The van der Waals surface area contributed by atoms with Crippen LogP contribution in [0.5, 0.6) is 0 Å². The van der Waals surface area contributed by atoms with E-state index in [0.29, 0.717) is 42.2 Å². The summed E-state index contributed by atoms with van der Waals surface area (Å²) in [5.74, 6) is 0.299. The first-order valence-corrected chi connectivity index (χ1v) is 14.7. The van der Waals surface area contributed by atoms with E-state index in [1.165, 1.54) is 0 Å². The number of rotatable bonds is 6. The number of carbonyl (C=O) groups excluding carboxylic acids is 1. The van der Waals surface area contributed by atoms with Gasteiger partial charge in [-0.15, -0.1) is 0 Å². The minimum Gasteiger partial charge on any atom is -0.395 e. The number of halogens is 1. The van der Waals surface area contributed by atoms with Crippen molar-refractivity contribution in [1.29, 1.82) is 0 Å². The fourth-order valence-electron chi connectivity index (χ4n) is 5.90. The van der Waals surface area contributed by atoms with E-state index in [1.807, 2.05) is 70.4 Å². The molecule has 0 saturated carbocycles. The Balaban J connectivity index is 1.51. The Kier molecular flexibility index (Phi) is 7.07. The van der Waals surface area contributed by atoms with Crippen LogP contribution in [-0.2, 0) is 25.9 Å². The molecular weight excluding hydrogens is 584 g/mol. The van der Waals surface area contributed by atoms with Gasteiger partial charge < -0.3 is 14.6 Å². The van der Waals surface area contributed by atoms with Crippen molar-refractivity contribution in [3.8, 4) is 5.69 Å². The Labute approximate surface area is 246 Å². The number of aryl methyl sites for hydroxylation is 1. The van der Waals surface area contributed by atoms with Crippen LogP contribution in [0.1, 0.15) is 53.5 Å². The van der Waals surface area contributed by atoms with Crippen molar-refractivity contribution in [3.05, 3.63) is 91.7 Å². The number of carbonyl (C=O) groups is 1. The second-order valence-corrected chi connectivity index (χ2v) is 12.2. The fraction of sp³-hybridized carbons (Fsp3) is 0.355. The molecule has 0 radical (unpaired) electrons. The normalized spacial score (nSPS) is 15.3. The van der Waals surface area contributed by atoms with Crippen LogP contribution in [0.25, 0.3) is 22.4 Å². The molecule has 0 aliphatic carbocycles. The summed E-state index contributed by atoms with van der Waals surface area (Å²) in [6.45, 7) is 9.02. The number of imidazole rings is 1. The largest absolute Gasteiger partial charge is 0.395 e. The Morgan fingerprint density at radius 1 is 1.20 bits per heavy atom. The Bertz CT molecular complexity index is 1870. The molecule has 212 valence electrons. The molecule has 0 bridgehead atoms. The van der Waals surface area contributed by atoms with E-state index in [-0.39, 0.29) is 24.1 Å². The summed E-state index contributed by atoms with van der Waals surface area (Å²) in [5, 5.41) is 14.2. The van der Waals surface area contributed by atoms with E-state index < -0.39 is 0 Å². The lowest BCUT2D eigenvalue weighted by atomic mass is 9.97. The molecule has 4 heterocycles. The van der Waals surface area contributed by atoms with E-state index >= 15 is 0 Å². The SMILES string of the molecule is Cc1cc(C(=O)N2Cc3c(c(=O)n(-c4ccc5c(c4)ncn5CCO)c4c(CC(C)C)cnn34)C[C@H]2C)ccc1Br. The number of aromatic nitrogens is 5. The van der Waals surface area contributed by atoms with Crippen molar-refractivity contribution in [2.24, 2.45) is 5.92 Å². The average molecular weight is 618 g/mol. The number of fused-ring (bicyclic) bond motifs is 4. The molecule has 6 rings (SSSR count). The first-order valence-electron chi connectivity index (χ1n) is 13.9. The van der Waals surface area contributed by atoms with E-state index in [1.54, 1.807) is 10.9 Å². The summed E-state index contributed by atoms with van der Waals surface area (Å²) >= 11 is 3.52. The number of hydrogen-bond donors (Lipinski definition) is 1. The van der Waals surface area contributed by atoms with Gasteiger partial charge >= 0.3 is 0 Å². The molecule has 3 aromatic heterocycles. The summed E-state index contributed by atoms with van der Waals surface area (Å²) in [4.78, 5) is 34.4. The van der Waals surface area contributed by atoms with Crippen LogP contribution in [0.15, 0.2) is 58.2 Å². The van der Waals surface area contributed by atoms with Gasteiger partial charge in [0.15, 0.2) is 0 Å². The smallest absolute Gasteiger partial charge is 0.261 e. The van der Waals surface area contributed by atoms with Gasteiger partial charge in [-0.1, -0.05) is 29.8 Å². The van der Waals surface area contributed by atoms with Gasteiger partial charge in [-0.25, -0.2) is 9.50 Å². The fourth-order valence-corrected chi connectivity index (χ4v) is 6.15. The Morgan fingerprint density at radius 2 is 2.00 bits per heavy atom. The van der Waals surface area contributed by atoms with Crippen molar-refractivity contribution >= 4 is 38.5 Å². The zero-order chi connectivity index (χ0) is 29.0. The minimum absolute atomic E-state index is 0.0195. The van der Waals surface area contributed by atoms with Gasteiger partial charge in [-0.2, -0.15) is 5.10 Å². The first-order chi connectivity index (χ1) is 19.7. The maximum absolute atomic E-state index is 14.3. The molecule has 1 aliphatic rings. The number of nitrogens with zero attached hydrogens (tertiary/aromatic N) is 6. The molecule has 1 N–H and O–H groups in total. The van der Waals surface area contributed by atoms with Crippen molar-refractivity contribution in [2.75, 3.05) is 6.61 Å². The lowest BCUT2D eigenvalue weighted by Gasteiger charge is -2.35. The Morgan fingerprint density at radius 3 is 2.73 bits per heavy atom. The zero-order valence-corrected chi connectivity index (χ0v) is 25.2. The molecule has 0 unspecified atom stereocenters. The lowest BCUT2D eigenvalue weighted by molar-refractivity contribution is 0.0651. The topological polar surface area (TPSA) is 97.7 Å². The van der Waals surface area contributed by atoms with Gasteiger partial charge in [0.05, 0.1) is 48.1 Å². The number of aliphatic hydroxyl groups excluding tert-OH is 1. The lowest BCUT2D eigenvalue weighted by Crippen LogP contribution is -2.46. The van der Waals surface area contributed by atoms with Gasteiger partial charge in [-0.3, -0.25) is 14.2 Å². The van der Waals surface area contributed by atoms with E-state index in [0.717, 1.165) is 44.4 Å². The van der Waals surface area contributed by atoms with E-state index in [4.69, 9.17) is 5.10 Å². The third-order valence-electron chi connectivity index (χ3n) is 7.94. The second-order valence-electron chi connectivity index (χ2n) is 11.4. The van der Waals surface area contributed by atoms with Gasteiger partial charge in [0.2, 0.25) is 0 Å². The third kappa shape index (κ3) is 4.68. The van der Waals surface area contributed by atoms with Crippen molar-refractivity contribution in [2.45, 2.75) is 59.7 Å². The summed E-state index contributed by atoms with van der Waals surface area (Å²) in [5.41, 5.74) is 7.01. The monoisotopic (exact) mass is 616 g/mol. The number of benzene rings is 2. The predicted octanol–water partition coefficient (Wildman–Crippen LogP) is 4.68. The van der Waals surface area contributed by atoms with Crippen molar-refractivity contribution in [1.82, 2.24) is 28.6 Å². The van der Waals surface area contributed by atoms with Crippen LogP contribution in [0.2, 0.25) is 0 Å². The second kappa shape index (κ2) is 10.6. The van der Waals surface area contributed by atoms with Crippen LogP contribution in [0, 0.1) is 12.8 Å². The summed E-state index contributed by atoms with van der Waals surface area (Å²) in [6.07, 6.45) is 4.74. The highest BCUT2D eigenvalue weighted by Crippen LogP contribution is 2.29. The highest BCUT2D eigenvalue weighted by atomic mass is 79.9. The van der Waals surface area contributed by atoms with E-state index in [9.17, 15) is 14.7 Å². The molecule has 0 saturated heterocycles. The van der Waals surface area contributed by atoms with E-state index in [2.05, 4.69) is 34.8 Å². The highest BCUT2D eigenvalue weighted by Gasteiger charge is 2.33. The standard InChI is InChI=1S/C31H33BrN6O3/c1-18(2)11-22-15-34-38-28-16-36(30(40)21-5-7-25(32)19(3)12-21)20(4)13-24(28)31(41)37(29(22)38)23-6-8-27-26(14-23)33-17-35(27)9-10-39/h5-8,12,14-15,17-18,20,39H,9-11,13,16H2,1-4H3/t20-/m1/s1. The van der Waals surface area contributed by atoms with Crippen LogP contribution < -0.4 is 5.56 Å². The van der Waals surface area contributed by atoms with Gasteiger partial charge in [-0.05, 0) is 74.6 Å². The molecule has 10 heteroatoms. The maximum Gasteiger partial charge on any atom is 0.261 e. The zero-order valence-electron chi connectivity index (χ0n) is 23.6. The van der Waals surface area contributed by atoms with Crippen LogP contribution in [-0.4, -0.2) is 52.3 Å². The molecule has 1 atom stereocenters. The molecule has 9 nitrogen and oxygen atoms in total. The van der Waals surface area contributed by atoms with Crippen molar-refractivity contribution < 1.29 is 9.90 Å². The van der Waals surface area contributed by atoms with Crippen LogP contribution in [0.3, 0.4) is 0 Å². The number of hydrogen-bond acceptors (Lipinski definition) is 5. The summed E-state index contributed by atoms with van der Waals surface area (Å²) in [7, 11) is 0. The highest BCUT2D eigenvalue weighted by molar-refractivity contribution is 9.10. The number of amides is 1. The Hall–Kier alpha value is -3.76. The quantitative estimate of drug-likeness (QED) is 0.299. The summed E-state index contributed by atoms with van der Waals surface area (Å²) in [6, 6.07) is 11.3. The average Bonchev–Trinajstić information content (AvgIpc) is 3.54. The summed E-state index contributed by atoms with van der Waals surface area (Å²) < 4.78 is 6.48. The van der Waals surface area contributed by atoms with Gasteiger partial charge in [0.1, 0.15) is 5.65 Å². The minimum atomic E-state index is -0.167. The van der Waals surface area contributed by atoms with Crippen LogP contribution >= 0.6 is 15.9 Å². The molecule has 5 aromatic rings. The van der Waals surface area contributed by atoms with Gasteiger partial charge in [0.25, 0.3) is 11.5 Å². The van der Waals surface area contributed by atoms with Gasteiger partial charge in [0, 0.05) is 33.7 Å². The first kappa shape index (κ1) is 27.4. The molecule has 2 aromatic carbocycles. The number of aliphatic hydroxyl groups is 1. The van der Waals surface area contributed by atoms with Crippen LogP contribution in [0.4, 0.5) is 0 Å². The third-order valence-corrected chi connectivity index (χ3v) is 8.83. The molecule has 1 aliphatic heterocycles. The van der Waals surface area contributed by atoms with Crippen molar-refractivity contribution in [3.63, 3.8) is 0 Å². The molecule has 41 heavy (non-hydrogen) atoms.